The highest BCUT2D eigenvalue weighted by molar-refractivity contribution is 6.30. The number of benzene rings is 2. The van der Waals surface area contributed by atoms with Crippen molar-refractivity contribution >= 4 is 23.3 Å². The molecule has 1 heterocycles. The molecule has 0 spiro atoms. The van der Waals surface area contributed by atoms with Crippen molar-refractivity contribution < 1.29 is 9.90 Å². The Balaban J connectivity index is 1.89. The van der Waals surface area contributed by atoms with Crippen LogP contribution >= 0.6 is 11.6 Å². The average molecular weight is 302 g/mol. The van der Waals surface area contributed by atoms with E-state index in [0.717, 1.165) is 22.4 Å². The second kappa shape index (κ2) is 5.41. The summed E-state index contributed by atoms with van der Waals surface area (Å²) in [5, 5.41) is 9.69. The summed E-state index contributed by atoms with van der Waals surface area (Å²) in [6.45, 7) is 3.20. The minimum atomic E-state index is -0.714. The number of aryl methyl sites for hydroxylation is 1. The van der Waals surface area contributed by atoms with Crippen LogP contribution in [0.1, 0.15) is 5.56 Å². The molecule has 2 aromatic rings. The number of anilines is 1. The van der Waals surface area contributed by atoms with Crippen LogP contribution in [0.4, 0.5) is 5.69 Å². The van der Waals surface area contributed by atoms with Gasteiger partial charge in [-0.1, -0.05) is 29.8 Å². The van der Waals surface area contributed by atoms with E-state index in [1.807, 2.05) is 31.2 Å². The molecule has 3 nitrogen and oxygen atoms in total. The van der Waals surface area contributed by atoms with Crippen molar-refractivity contribution in [3.05, 3.63) is 53.1 Å². The highest BCUT2D eigenvalue weighted by Crippen LogP contribution is 2.31. The second-order valence-electron chi connectivity index (χ2n) is 5.51. The fourth-order valence-corrected chi connectivity index (χ4v) is 2.82. The fraction of sp³-hybridized carbons (Fsp3) is 0.235. The fourth-order valence-electron chi connectivity index (χ4n) is 2.63. The average Bonchev–Trinajstić information content (AvgIpc) is 2.35. The Morgan fingerprint density at radius 3 is 2.62 bits per heavy atom. The van der Waals surface area contributed by atoms with Crippen LogP contribution in [0.3, 0.4) is 0 Å². The van der Waals surface area contributed by atoms with Gasteiger partial charge in [0.15, 0.2) is 0 Å². The van der Waals surface area contributed by atoms with Crippen molar-refractivity contribution in [3.8, 4) is 11.1 Å². The lowest BCUT2D eigenvalue weighted by atomic mass is 9.97. The Morgan fingerprint density at radius 1 is 1.19 bits per heavy atom. The van der Waals surface area contributed by atoms with Crippen LogP contribution in [-0.2, 0) is 4.79 Å². The van der Waals surface area contributed by atoms with Crippen molar-refractivity contribution in [2.24, 2.45) is 5.92 Å². The van der Waals surface area contributed by atoms with Crippen LogP contribution in [-0.4, -0.2) is 24.2 Å². The van der Waals surface area contributed by atoms with E-state index < -0.39 is 5.97 Å². The van der Waals surface area contributed by atoms with E-state index in [9.17, 15) is 4.79 Å². The van der Waals surface area contributed by atoms with Gasteiger partial charge in [0.25, 0.3) is 0 Å². The monoisotopic (exact) mass is 301 g/mol. The summed E-state index contributed by atoms with van der Waals surface area (Å²) in [6.07, 6.45) is 0. The highest BCUT2D eigenvalue weighted by Gasteiger charge is 2.32. The van der Waals surface area contributed by atoms with Gasteiger partial charge < -0.3 is 10.0 Å². The van der Waals surface area contributed by atoms with E-state index in [4.69, 9.17) is 16.7 Å². The first-order valence-corrected chi connectivity index (χ1v) is 7.26. The van der Waals surface area contributed by atoms with Crippen molar-refractivity contribution in [1.29, 1.82) is 0 Å². The largest absolute Gasteiger partial charge is 0.481 e. The molecule has 3 rings (SSSR count). The molecule has 0 radical (unpaired) electrons. The summed E-state index contributed by atoms with van der Waals surface area (Å²) in [6, 6.07) is 14.1. The lowest BCUT2D eigenvalue weighted by Crippen LogP contribution is -2.50. The number of carboxylic acid groups (broad SMARTS) is 1. The van der Waals surface area contributed by atoms with E-state index in [2.05, 4.69) is 23.1 Å². The van der Waals surface area contributed by atoms with Crippen molar-refractivity contribution in [1.82, 2.24) is 0 Å². The van der Waals surface area contributed by atoms with Crippen LogP contribution in [0.5, 0.6) is 0 Å². The summed E-state index contributed by atoms with van der Waals surface area (Å²) in [5.41, 5.74) is 4.40. The third-order valence-electron chi connectivity index (χ3n) is 3.82. The molecule has 0 saturated carbocycles. The number of nitrogens with zero attached hydrogens (tertiary/aromatic N) is 1. The minimum absolute atomic E-state index is 0.250. The molecule has 0 bridgehead atoms. The maximum Gasteiger partial charge on any atom is 0.310 e. The molecule has 0 atom stereocenters. The molecule has 4 heteroatoms. The maximum absolute atomic E-state index is 10.9. The summed E-state index contributed by atoms with van der Waals surface area (Å²) in [7, 11) is 0. The lowest BCUT2D eigenvalue weighted by Gasteiger charge is -2.39. The zero-order chi connectivity index (χ0) is 15.0. The summed E-state index contributed by atoms with van der Waals surface area (Å²) in [4.78, 5) is 13.0. The van der Waals surface area contributed by atoms with Gasteiger partial charge >= 0.3 is 5.97 Å². The second-order valence-corrected chi connectivity index (χ2v) is 5.94. The lowest BCUT2D eigenvalue weighted by molar-refractivity contribution is -0.142. The smallest absolute Gasteiger partial charge is 0.310 e. The summed E-state index contributed by atoms with van der Waals surface area (Å²) >= 11 is 6.05. The number of hydrogen-bond acceptors (Lipinski definition) is 2. The Hall–Kier alpha value is -2.00. The quantitative estimate of drug-likeness (QED) is 0.936. The minimum Gasteiger partial charge on any atom is -0.481 e. The van der Waals surface area contributed by atoms with Gasteiger partial charge in [0.05, 0.1) is 5.92 Å². The Morgan fingerprint density at radius 2 is 1.95 bits per heavy atom. The molecule has 1 aliphatic rings. The van der Waals surface area contributed by atoms with Crippen LogP contribution < -0.4 is 4.90 Å². The molecule has 0 aliphatic carbocycles. The van der Waals surface area contributed by atoms with E-state index >= 15 is 0 Å². The first-order valence-electron chi connectivity index (χ1n) is 6.88. The van der Waals surface area contributed by atoms with E-state index in [0.29, 0.717) is 18.1 Å². The van der Waals surface area contributed by atoms with Crippen LogP contribution in [0.15, 0.2) is 42.5 Å². The number of carbonyl (C=O) groups is 1. The zero-order valence-corrected chi connectivity index (χ0v) is 12.5. The van der Waals surface area contributed by atoms with Crippen LogP contribution in [0.25, 0.3) is 11.1 Å². The topological polar surface area (TPSA) is 40.5 Å². The van der Waals surface area contributed by atoms with Crippen molar-refractivity contribution in [2.45, 2.75) is 6.92 Å². The molecule has 1 fully saturated rings. The number of hydrogen-bond donors (Lipinski definition) is 1. The number of halogens is 1. The predicted octanol–water partition coefficient (Wildman–Crippen LogP) is 3.84. The Labute approximate surface area is 128 Å². The van der Waals surface area contributed by atoms with Gasteiger partial charge in [0.2, 0.25) is 0 Å². The van der Waals surface area contributed by atoms with E-state index in [1.54, 1.807) is 0 Å². The van der Waals surface area contributed by atoms with Gasteiger partial charge in [0, 0.05) is 23.8 Å². The Kier molecular flexibility index (Phi) is 3.60. The maximum atomic E-state index is 10.9. The molecule has 2 aromatic carbocycles. The number of rotatable bonds is 3. The molecule has 1 aliphatic heterocycles. The third kappa shape index (κ3) is 2.88. The first kappa shape index (κ1) is 14.0. The zero-order valence-electron chi connectivity index (χ0n) is 11.7. The first-order chi connectivity index (χ1) is 10.0. The van der Waals surface area contributed by atoms with E-state index in [1.165, 1.54) is 0 Å². The van der Waals surface area contributed by atoms with Crippen LogP contribution in [0.2, 0.25) is 5.02 Å². The summed E-state index contributed by atoms with van der Waals surface area (Å²) in [5.74, 6) is -0.964. The predicted molar refractivity (Wildman–Crippen MR) is 85.0 cm³/mol. The molecular formula is C17H16ClNO2. The standard InChI is InChI=1S/C17H16ClNO2/c1-11-5-13(12-3-2-4-15(18)7-12)8-16(6-11)19-9-14(10-19)17(20)21/h2-8,14H,9-10H2,1H3,(H,20,21). The van der Waals surface area contributed by atoms with Crippen molar-refractivity contribution in [3.63, 3.8) is 0 Å². The van der Waals surface area contributed by atoms with Gasteiger partial charge in [-0.25, -0.2) is 0 Å². The normalized spacial score (nSPS) is 14.9. The van der Waals surface area contributed by atoms with Crippen LogP contribution in [0, 0.1) is 12.8 Å². The molecular weight excluding hydrogens is 286 g/mol. The van der Waals surface area contributed by atoms with Gasteiger partial charge in [-0.2, -0.15) is 0 Å². The molecule has 0 unspecified atom stereocenters. The molecule has 0 amide bonds. The molecule has 1 N–H and O–H groups in total. The van der Waals surface area contributed by atoms with Gasteiger partial charge in [-0.15, -0.1) is 0 Å². The number of carboxylic acids is 1. The summed E-state index contributed by atoms with van der Waals surface area (Å²) < 4.78 is 0. The van der Waals surface area contributed by atoms with Gasteiger partial charge in [0.1, 0.15) is 0 Å². The molecule has 1 saturated heterocycles. The molecule has 0 aromatic heterocycles. The molecule has 21 heavy (non-hydrogen) atoms. The van der Waals surface area contributed by atoms with E-state index in [-0.39, 0.29) is 5.92 Å². The number of aliphatic carboxylic acids is 1. The SMILES string of the molecule is Cc1cc(-c2cccc(Cl)c2)cc(N2CC(C(=O)O)C2)c1. The highest BCUT2D eigenvalue weighted by atomic mass is 35.5. The third-order valence-corrected chi connectivity index (χ3v) is 4.05. The Bertz CT molecular complexity index is 693. The van der Waals surface area contributed by atoms with Crippen molar-refractivity contribution in [2.75, 3.05) is 18.0 Å². The van der Waals surface area contributed by atoms with Gasteiger partial charge in [-0.3, -0.25) is 4.79 Å². The molecule has 108 valence electrons. The van der Waals surface area contributed by atoms with Gasteiger partial charge in [-0.05, 0) is 47.9 Å².